The van der Waals surface area contributed by atoms with Crippen LogP contribution in [0, 0.1) is 5.82 Å². The number of hydrogen-bond acceptors (Lipinski definition) is 5. The third-order valence-corrected chi connectivity index (χ3v) is 3.99. The minimum absolute atomic E-state index is 0.132. The minimum atomic E-state index is -0.500. The molecule has 132 valence electrons. The van der Waals surface area contributed by atoms with E-state index in [-0.39, 0.29) is 17.0 Å². The molecule has 1 aromatic carbocycles. The van der Waals surface area contributed by atoms with Gasteiger partial charge in [0.1, 0.15) is 11.2 Å². The summed E-state index contributed by atoms with van der Waals surface area (Å²) in [6.07, 6.45) is 0. The van der Waals surface area contributed by atoms with E-state index in [0.29, 0.717) is 24.3 Å². The lowest BCUT2D eigenvalue weighted by Crippen LogP contribution is -2.36. The van der Waals surface area contributed by atoms with Crippen molar-refractivity contribution in [1.82, 2.24) is 9.13 Å². The van der Waals surface area contributed by atoms with E-state index in [4.69, 9.17) is 9.15 Å². The molecule has 3 aromatic rings. The Hall–Kier alpha value is -2.87. The van der Waals surface area contributed by atoms with Crippen LogP contribution in [-0.2, 0) is 18.8 Å². The molecular weight excluding hydrogens is 329 g/mol. The van der Waals surface area contributed by atoms with Gasteiger partial charge in [0, 0.05) is 27.7 Å². The van der Waals surface area contributed by atoms with Crippen molar-refractivity contribution in [2.45, 2.75) is 0 Å². The van der Waals surface area contributed by atoms with Gasteiger partial charge in [-0.15, -0.1) is 0 Å². The van der Waals surface area contributed by atoms with Crippen LogP contribution in [0.5, 0.6) is 0 Å². The Labute approximate surface area is 142 Å². The number of rotatable bonds is 5. The smallest absolute Gasteiger partial charge is 0.333 e. The average Bonchev–Trinajstić information content (AvgIpc) is 2.98. The van der Waals surface area contributed by atoms with Crippen molar-refractivity contribution in [1.29, 1.82) is 0 Å². The Morgan fingerprint density at radius 3 is 2.68 bits per heavy atom. The quantitative estimate of drug-likeness (QED) is 0.711. The zero-order chi connectivity index (χ0) is 18.1. The van der Waals surface area contributed by atoms with Gasteiger partial charge in [0.05, 0.1) is 12.2 Å². The van der Waals surface area contributed by atoms with Gasteiger partial charge >= 0.3 is 5.69 Å². The summed E-state index contributed by atoms with van der Waals surface area (Å²) in [6, 6.07) is 5.86. The fraction of sp³-hybridized carbons (Fsp3) is 0.294. The fourth-order valence-corrected chi connectivity index (χ4v) is 2.73. The van der Waals surface area contributed by atoms with Gasteiger partial charge in [-0.1, -0.05) is 12.1 Å². The standard InChI is InChI=1S/C17H18FN3O4/c1-20-15(22)13-12(10-5-4-6-11(18)9-10)14(19-7-8-24-3)25-16(13)21(2)17(20)23/h4-6,9,19H,7-8H2,1-3H3. The van der Waals surface area contributed by atoms with Gasteiger partial charge in [0.15, 0.2) is 0 Å². The van der Waals surface area contributed by atoms with E-state index >= 15 is 0 Å². The first-order valence-electron chi connectivity index (χ1n) is 7.67. The van der Waals surface area contributed by atoms with E-state index < -0.39 is 17.1 Å². The molecule has 2 heterocycles. The van der Waals surface area contributed by atoms with E-state index in [1.54, 1.807) is 19.2 Å². The normalized spacial score (nSPS) is 11.2. The van der Waals surface area contributed by atoms with E-state index in [0.717, 1.165) is 4.57 Å². The molecule has 8 heteroatoms. The van der Waals surface area contributed by atoms with Gasteiger partial charge in [-0.3, -0.25) is 13.9 Å². The molecular formula is C17H18FN3O4. The van der Waals surface area contributed by atoms with Crippen LogP contribution >= 0.6 is 0 Å². The Morgan fingerprint density at radius 1 is 1.24 bits per heavy atom. The number of halogens is 1. The van der Waals surface area contributed by atoms with E-state index in [1.807, 2.05) is 0 Å². The highest BCUT2D eigenvalue weighted by Crippen LogP contribution is 2.36. The summed E-state index contributed by atoms with van der Waals surface area (Å²) in [5.74, 6) is -0.146. The first-order chi connectivity index (χ1) is 12.0. The molecule has 0 atom stereocenters. The van der Waals surface area contributed by atoms with Crippen LogP contribution in [0.3, 0.4) is 0 Å². The monoisotopic (exact) mass is 347 g/mol. The molecule has 1 N–H and O–H groups in total. The van der Waals surface area contributed by atoms with Gasteiger partial charge in [-0.2, -0.15) is 0 Å². The van der Waals surface area contributed by atoms with Crippen molar-refractivity contribution < 1.29 is 13.5 Å². The molecule has 0 unspecified atom stereocenters. The zero-order valence-corrected chi connectivity index (χ0v) is 14.1. The maximum absolute atomic E-state index is 13.7. The second-order valence-corrected chi connectivity index (χ2v) is 5.62. The number of furan rings is 1. The largest absolute Gasteiger partial charge is 0.423 e. The Balaban J connectivity index is 2.36. The van der Waals surface area contributed by atoms with Crippen LogP contribution < -0.4 is 16.6 Å². The maximum Gasteiger partial charge on any atom is 0.333 e. The third-order valence-electron chi connectivity index (χ3n) is 3.99. The van der Waals surface area contributed by atoms with Crippen molar-refractivity contribution in [2.75, 3.05) is 25.6 Å². The lowest BCUT2D eigenvalue weighted by molar-refractivity contribution is 0.210. The predicted octanol–water partition coefficient (Wildman–Crippen LogP) is 1.69. The maximum atomic E-state index is 13.7. The number of methoxy groups -OCH3 is 1. The van der Waals surface area contributed by atoms with Crippen LogP contribution in [0.25, 0.3) is 22.2 Å². The molecule has 0 fully saturated rings. The average molecular weight is 347 g/mol. The summed E-state index contributed by atoms with van der Waals surface area (Å²) in [7, 11) is 4.47. The summed E-state index contributed by atoms with van der Waals surface area (Å²) >= 11 is 0. The van der Waals surface area contributed by atoms with Gasteiger partial charge in [-0.05, 0) is 17.7 Å². The molecule has 0 aliphatic carbocycles. The Morgan fingerprint density at radius 2 is 2.00 bits per heavy atom. The molecule has 0 amide bonds. The van der Waals surface area contributed by atoms with Gasteiger partial charge < -0.3 is 14.5 Å². The van der Waals surface area contributed by atoms with E-state index in [9.17, 15) is 14.0 Å². The molecule has 0 saturated carbocycles. The van der Waals surface area contributed by atoms with Crippen molar-refractivity contribution in [3.05, 3.63) is 50.9 Å². The SMILES string of the molecule is COCCNc1oc2c(c1-c1cccc(F)c1)c(=O)n(C)c(=O)n2C. The molecule has 0 radical (unpaired) electrons. The second kappa shape index (κ2) is 6.56. The molecule has 25 heavy (non-hydrogen) atoms. The van der Waals surface area contributed by atoms with Crippen molar-refractivity contribution >= 4 is 17.0 Å². The third kappa shape index (κ3) is 2.85. The van der Waals surface area contributed by atoms with Crippen LogP contribution in [0.15, 0.2) is 38.3 Å². The highest BCUT2D eigenvalue weighted by molar-refractivity contribution is 5.98. The van der Waals surface area contributed by atoms with Crippen LogP contribution in [0.4, 0.5) is 10.3 Å². The number of benzene rings is 1. The van der Waals surface area contributed by atoms with E-state index in [1.165, 1.54) is 30.8 Å². The molecule has 0 spiro atoms. The summed E-state index contributed by atoms with van der Waals surface area (Å²) in [4.78, 5) is 24.8. The van der Waals surface area contributed by atoms with Gasteiger partial charge in [0.2, 0.25) is 11.6 Å². The number of nitrogens with one attached hydrogen (secondary N) is 1. The fourth-order valence-electron chi connectivity index (χ4n) is 2.73. The number of fused-ring (bicyclic) bond motifs is 1. The lowest BCUT2D eigenvalue weighted by Gasteiger charge is -2.06. The summed E-state index contributed by atoms with van der Waals surface area (Å²) in [5, 5.41) is 3.25. The Bertz CT molecular complexity index is 1050. The highest BCUT2D eigenvalue weighted by atomic mass is 19.1. The second-order valence-electron chi connectivity index (χ2n) is 5.62. The zero-order valence-electron chi connectivity index (χ0n) is 14.1. The van der Waals surface area contributed by atoms with Gasteiger partial charge in [0.25, 0.3) is 5.56 Å². The Kier molecular flexibility index (Phi) is 4.45. The topological polar surface area (TPSA) is 78.4 Å². The number of nitrogens with zero attached hydrogens (tertiary/aromatic N) is 2. The number of aromatic nitrogens is 2. The molecule has 0 saturated heterocycles. The molecule has 2 aromatic heterocycles. The number of aryl methyl sites for hydroxylation is 1. The number of ether oxygens (including phenoxy) is 1. The summed E-state index contributed by atoms with van der Waals surface area (Å²) in [5.41, 5.74) is 0.0323. The first kappa shape index (κ1) is 17.0. The van der Waals surface area contributed by atoms with Crippen molar-refractivity contribution in [3.63, 3.8) is 0 Å². The first-order valence-corrected chi connectivity index (χ1v) is 7.67. The molecule has 0 bridgehead atoms. The summed E-state index contributed by atoms with van der Waals surface area (Å²) < 4.78 is 26.7. The number of anilines is 1. The van der Waals surface area contributed by atoms with Gasteiger partial charge in [-0.25, -0.2) is 9.18 Å². The van der Waals surface area contributed by atoms with E-state index in [2.05, 4.69) is 5.32 Å². The van der Waals surface area contributed by atoms with Crippen LogP contribution in [0.1, 0.15) is 0 Å². The molecule has 0 aliphatic rings. The minimum Gasteiger partial charge on any atom is -0.423 e. The lowest BCUT2D eigenvalue weighted by atomic mass is 10.1. The molecule has 7 nitrogen and oxygen atoms in total. The van der Waals surface area contributed by atoms with Crippen LogP contribution in [0.2, 0.25) is 0 Å². The number of hydrogen-bond donors (Lipinski definition) is 1. The summed E-state index contributed by atoms with van der Waals surface area (Å²) in [6.45, 7) is 0.837. The van der Waals surface area contributed by atoms with Crippen molar-refractivity contribution in [2.24, 2.45) is 14.1 Å². The highest BCUT2D eigenvalue weighted by Gasteiger charge is 2.23. The molecule has 3 rings (SSSR count). The predicted molar refractivity (Wildman–Crippen MR) is 92.5 cm³/mol. The van der Waals surface area contributed by atoms with Crippen molar-refractivity contribution in [3.8, 4) is 11.1 Å². The molecule has 0 aliphatic heterocycles. The van der Waals surface area contributed by atoms with Crippen LogP contribution in [-0.4, -0.2) is 29.4 Å².